The zero-order valence-corrected chi connectivity index (χ0v) is 11.8. The van der Waals surface area contributed by atoms with Gasteiger partial charge in [0.15, 0.2) is 0 Å². The molecular formula is C16H27N. The lowest BCUT2D eigenvalue weighted by molar-refractivity contribution is 0.687. The normalized spacial score (nSPS) is 10.8. The third-order valence-corrected chi connectivity index (χ3v) is 3.15. The van der Waals surface area contributed by atoms with E-state index in [0.717, 1.165) is 12.8 Å². The Labute approximate surface area is 107 Å². The van der Waals surface area contributed by atoms with E-state index in [1.807, 2.05) is 0 Å². The van der Waals surface area contributed by atoms with E-state index in [0.29, 0.717) is 0 Å². The van der Waals surface area contributed by atoms with E-state index in [2.05, 4.69) is 32.9 Å². The minimum atomic E-state index is 1.15. The molecule has 0 saturated carbocycles. The molecule has 1 heteroatoms. The second kappa shape index (κ2) is 8.27. The van der Waals surface area contributed by atoms with Gasteiger partial charge in [0.25, 0.3) is 0 Å². The van der Waals surface area contributed by atoms with Crippen molar-refractivity contribution in [2.75, 3.05) is 0 Å². The molecule has 0 spiro atoms. The summed E-state index contributed by atoms with van der Waals surface area (Å²) in [5.74, 6) is 0. The van der Waals surface area contributed by atoms with Crippen LogP contribution in [-0.4, -0.2) is 4.98 Å². The number of rotatable bonds is 8. The molecule has 96 valence electrons. The third-order valence-electron chi connectivity index (χ3n) is 3.15. The minimum absolute atomic E-state index is 1.15. The van der Waals surface area contributed by atoms with Gasteiger partial charge in [-0.1, -0.05) is 39.5 Å². The lowest BCUT2D eigenvalue weighted by Crippen LogP contribution is -1.98. The fourth-order valence-corrected chi connectivity index (χ4v) is 2.18. The standard InChI is InChI=1S/C16H27N/c1-4-6-8-10-15-12-14(3)13-16(17-15)11-9-7-5-2/h12-13H,4-11H2,1-3H3. The molecule has 0 N–H and O–H groups in total. The van der Waals surface area contributed by atoms with Crippen LogP contribution in [0, 0.1) is 6.92 Å². The van der Waals surface area contributed by atoms with Crippen molar-refractivity contribution in [1.29, 1.82) is 0 Å². The Morgan fingerprint density at radius 2 is 1.29 bits per heavy atom. The summed E-state index contributed by atoms with van der Waals surface area (Å²) in [7, 11) is 0. The van der Waals surface area contributed by atoms with Gasteiger partial charge in [-0.2, -0.15) is 0 Å². The van der Waals surface area contributed by atoms with E-state index >= 15 is 0 Å². The highest BCUT2D eigenvalue weighted by atomic mass is 14.7. The van der Waals surface area contributed by atoms with Crippen LogP contribution in [0.25, 0.3) is 0 Å². The van der Waals surface area contributed by atoms with E-state index in [4.69, 9.17) is 4.98 Å². The maximum atomic E-state index is 4.78. The summed E-state index contributed by atoms with van der Waals surface area (Å²) in [5, 5.41) is 0. The van der Waals surface area contributed by atoms with E-state index in [9.17, 15) is 0 Å². The second-order valence-electron chi connectivity index (χ2n) is 5.04. The van der Waals surface area contributed by atoms with Crippen LogP contribution in [0.1, 0.15) is 69.3 Å². The van der Waals surface area contributed by atoms with Gasteiger partial charge >= 0.3 is 0 Å². The van der Waals surface area contributed by atoms with Gasteiger partial charge in [-0.05, 0) is 50.3 Å². The smallest absolute Gasteiger partial charge is 0.0409 e. The Morgan fingerprint density at radius 3 is 1.71 bits per heavy atom. The first kappa shape index (κ1) is 14.2. The Kier molecular flexibility index (Phi) is 6.91. The molecule has 0 fully saturated rings. The van der Waals surface area contributed by atoms with Crippen molar-refractivity contribution in [3.63, 3.8) is 0 Å². The van der Waals surface area contributed by atoms with Gasteiger partial charge in [0, 0.05) is 11.4 Å². The molecule has 0 aliphatic heterocycles. The molecule has 17 heavy (non-hydrogen) atoms. The molecule has 1 aromatic heterocycles. The van der Waals surface area contributed by atoms with Gasteiger partial charge in [0.2, 0.25) is 0 Å². The SMILES string of the molecule is CCCCCc1cc(C)cc(CCCCC)n1. The molecule has 1 heterocycles. The molecule has 1 nitrogen and oxygen atoms in total. The Bertz CT molecular complexity index is 289. The maximum absolute atomic E-state index is 4.78. The lowest BCUT2D eigenvalue weighted by atomic mass is 10.1. The molecule has 0 bridgehead atoms. The minimum Gasteiger partial charge on any atom is -0.258 e. The quantitative estimate of drug-likeness (QED) is 0.585. The lowest BCUT2D eigenvalue weighted by Gasteiger charge is -2.06. The van der Waals surface area contributed by atoms with E-state index in [1.54, 1.807) is 0 Å². The molecule has 0 aliphatic rings. The van der Waals surface area contributed by atoms with Crippen molar-refractivity contribution >= 4 is 0 Å². The fraction of sp³-hybridized carbons (Fsp3) is 0.688. The zero-order chi connectivity index (χ0) is 12.5. The average molecular weight is 233 g/mol. The van der Waals surface area contributed by atoms with Crippen LogP contribution in [0.15, 0.2) is 12.1 Å². The van der Waals surface area contributed by atoms with Gasteiger partial charge in [-0.3, -0.25) is 4.98 Å². The van der Waals surface area contributed by atoms with E-state index in [-0.39, 0.29) is 0 Å². The van der Waals surface area contributed by atoms with Gasteiger partial charge in [0.1, 0.15) is 0 Å². The molecule has 0 aliphatic carbocycles. The summed E-state index contributed by atoms with van der Waals surface area (Å²) < 4.78 is 0. The first-order valence-electron chi connectivity index (χ1n) is 7.22. The number of hydrogen-bond donors (Lipinski definition) is 0. The Morgan fingerprint density at radius 1 is 0.824 bits per heavy atom. The third kappa shape index (κ3) is 5.86. The number of aryl methyl sites for hydroxylation is 3. The topological polar surface area (TPSA) is 12.9 Å². The zero-order valence-electron chi connectivity index (χ0n) is 11.8. The van der Waals surface area contributed by atoms with Gasteiger partial charge in [-0.15, -0.1) is 0 Å². The Hall–Kier alpha value is -0.850. The summed E-state index contributed by atoms with van der Waals surface area (Å²) in [5.41, 5.74) is 3.97. The number of unbranched alkanes of at least 4 members (excludes halogenated alkanes) is 4. The second-order valence-corrected chi connectivity index (χ2v) is 5.04. The van der Waals surface area contributed by atoms with Gasteiger partial charge in [-0.25, -0.2) is 0 Å². The first-order chi connectivity index (χ1) is 8.26. The predicted molar refractivity (Wildman–Crippen MR) is 75.4 cm³/mol. The van der Waals surface area contributed by atoms with Crippen LogP contribution >= 0.6 is 0 Å². The summed E-state index contributed by atoms with van der Waals surface area (Å²) in [6, 6.07) is 4.50. The van der Waals surface area contributed by atoms with Gasteiger partial charge < -0.3 is 0 Å². The van der Waals surface area contributed by atoms with Crippen LogP contribution in [0.5, 0.6) is 0 Å². The molecular weight excluding hydrogens is 206 g/mol. The van der Waals surface area contributed by atoms with Crippen molar-refractivity contribution < 1.29 is 0 Å². The van der Waals surface area contributed by atoms with Crippen LogP contribution in [0.4, 0.5) is 0 Å². The van der Waals surface area contributed by atoms with Crippen molar-refractivity contribution in [2.24, 2.45) is 0 Å². The first-order valence-corrected chi connectivity index (χ1v) is 7.22. The molecule has 0 unspecified atom stereocenters. The van der Waals surface area contributed by atoms with Crippen molar-refractivity contribution in [1.82, 2.24) is 4.98 Å². The number of nitrogens with zero attached hydrogens (tertiary/aromatic N) is 1. The highest BCUT2D eigenvalue weighted by molar-refractivity contribution is 5.20. The predicted octanol–water partition coefficient (Wildman–Crippen LogP) is 4.86. The largest absolute Gasteiger partial charge is 0.258 e. The number of pyridine rings is 1. The molecule has 0 radical (unpaired) electrons. The van der Waals surface area contributed by atoms with Crippen LogP contribution in [0.2, 0.25) is 0 Å². The van der Waals surface area contributed by atoms with Crippen molar-refractivity contribution in [2.45, 2.75) is 72.1 Å². The summed E-state index contributed by atoms with van der Waals surface area (Å²) in [6.07, 6.45) is 10.1. The monoisotopic (exact) mass is 233 g/mol. The fourth-order valence-electron chi connectivity index (χ4n) is 2.18. The average Bonchev–Trinajstić information content (AvgIpc) is 2.29. The van der Waals surface area contributed by atoms with E-state index < -0.39 is 0 Å². The summed E-state index contributed by atoms with van der Waals surface area (Å²) in [6.45, 7) is 6.69. The van der Waals surface area contributed by atoms with Crippen LogP contribution < -0.4 is 0 Å². The van der Waals surface area contributed by atoms with Crippen molar-refractivity contribution in [3.8, 4) is 0 Å². The molecule has 0 atom stereocenters. The number of hydrogen-bond acceptors (Lipinski definition) is 1. The summed E-state index contributed by atoms with van der Waals surface area (Å²) >= 11 is 0. The Balaban J connectivity index is 2.53. The maximum Gasteiger partial charge on any atom is 0.0409 e. The molecule has 0 aromatic carbocycles. The molecule has 0 saturated heterocycles. The van der Waals surface area contributed by atoms with E-state index in [1.165, 1.54) is 55.5 Å². The highest BCUT2D eigenvalue weighted by Crippen LogP contribution is 2.11. The van der Waals surface area contributed by atoms with Crippen LogP contribution in [-0.2, 0) is 12.8 Å². The van der Waals surface area contributed by atoms with Crippen LogP contribution in [0.3, 0.4) is 0 Å². The highest BCUT2D eigenvalue weighted by Gasteiger charge is 2.01. The number of aromatic nitrogens is 1. The van der Waals surface area contributed by atoms with Gasteiger partial charge in [0.05, 0.1) is 0 Å². The molecule has 0 amide bonds. The molecule has 1 rings (SSSR count). The summed E-state index contributed by atoms with van der Waals surface area (Å²) in [4.78, 5) is 4.78. The van der Waals surface area contributed by atoms with Crippen molar-refractivity contribution in [3.05, 3.63) is 29.1 Å². The molecule has 1 aromatic rings.